The maximum absolute atomic E-state index is 11.2. The monoisotopic (exact) mass is 221 g/mol. The van der Waals surface area contributed by atoms with E-state index in [1.54, 1.807) is 6.92 Å². The molecule has 0 bridgehead atoms. The van der Waals surface area contributed by atoms with Crippen molar-refractivity contribution < 1.29 is 9.53 Å². The summed E-state index contributed by atoms with van der Waals surface area (Å²) in [4.78, 5) is 11.2. The molecular formula is C13H19NO2. The van der Waals surface area contributed by atoms with Crippen molar-refractivity contribution in [2.75, 3.05) is 6.61 Å². The van der Waals surface area contributed by atoms with Crippen LogP contribution in [-0.2, 0) is 16.0 Å². The van der Waals surface area contributed by atoms with E-state index in [1.165, 1.54) is 5.56 Å². The van der Waals surface area contributed by atoms with Gasteiger partial charge < -0.3 is 10.5 Å². The Bertz CT molecular complexity index is 332. The van der Waals surface area contributed by atoms with Gasteiger partial charge in [-0.1, -0.05) is 29.8 Å². The van der Waals surface area contributed by atoms with Crippen molar-refractivity contribution in [3.63, 3.8) is 0 Å². The Balaban J connectivity index is 2.42. The fourth-order valence-electron chi connectivity index (χ4n) is 1.53. The van der Waals surface area contributed by atoms with Gasteiger partial charge in [0, 0.05) is 6.04 Å². The molecule has 0 heterocycles. The van der Waals surface area contributed by atoms with Crippen LogP contribution in [0.5, 0.6) is 0 Å². The van der Waals surface area contributed by atoms with Crippen molar-refractivity contribution in [3.8, 4) is 0 Å². The van der Waals surface area contributed by atoms with Gasteiger partial charge in [-0.05, 0) is 25.8 Å². The fourth-order valence-corrected chi connectivity index (χ4v) is 1.53. The van der Waals surface area contributed by atoms with Crippen molar-refractivity contribution in [3.05, 3.63) is 35.4 Å². The van der Waals surface area contributed by atoms with Crippen LogP contribution in [0, 0.1) is 6.92 Å². The van der Waals surface area contributed by atoms with Crippen LogP contribution in [0.15, 0.2) is 24.3 Å². The quantitative estimate of drug-likeness (QED) is 0.772. The molecule has 0 aliphatic carbocycles. The molecular weight excluding hydrogens is 202 g/mol. The van der Waals surface area contributed by atoms with E-state index < -0.39 is 0 Å². The molecule has 0 saturated heterocycles. The third kappa shape index (κ3) is 4.45. The normalized spacial score (nSPS) is 12.2. The third-order valence-corrected chi connectivity index (χ3v) is 2.35. The molecule has 0 fully saturated rings. The topological polar surface area (TPSA) is 52.3 Å². The molecule has 88 valence electrons. The molecule has 0 saturated carbocycles. The van der Waals surface area contributed by atoms with Crippen LogP contribution in [0.3, 0.4) is 0 Å². The zero-order chi connectivity index (χ0) is 12.0. The molecule has 0 aliphatic rings. The largest absolute Gasteiger partial charge is 0.466 e. The second kappa shape index (κ2) is 6.28. The van der Waals surface area contributed by atoms with Gasteiger partial charge in [0.05, 0.1) is 13.0 Å². The standard InChI is InChI=1S/C13H19NO2/c1-3-16-13(15)9-12(14)8-11-6-4-10(2)5-7-11/h4-7,12H,3,8-9,14H2,1-2H3. The zero-order valence-electron chi connectivity index (χ0n) is 9.90. The van der Waals surface area contributed by atoms with Gasteiger partial charge in [-0.25, -0.2) is 0 Å². The molecule has 3 nitrogen and oxygen atoms in total. The minimum absolute atomic E-state index is 0.165. The van der Waals surface area contributed by atoms with Crippen LogP contribution in [0.4, 0.5) is 0 Å². The van der Waals surface area contributed by atoms with Crippen LogP contribution in [-0.4, -0.2) is 18.6 Å². The van der Waals surface area contributed by atoms with Gasteiger partial charge in [0.25, 0.3) is 0 Å². The fraction of sp³-hybridized carbons (Fsp3) is 0.462. The molecule has 0 aliphatic heterocycles. The van der Waals surface area contributed by atoms with E-state index in [0.717, 1.165) is 5.56 Å². The van der Waals surface area contributed by atoms with Crippen molar-refractivity contribution >= 4 is 5.97 Å². The second-order valence-electron chi connectivity index (χ2n) is 3.96. The molecule has 3 heteroatoms. The summed E-state index contributed by atoms with van der Waals surface area (Å²) in [7, 11) is 0. The van der Waals surface area contributed by atoms with Gasteiger partial charge in [-0.15, -0.1) is 0 Å². The smallest absolute Gasteiger partial charge is 0.307 e. The van der Waals surface area contributed by atoms with Crippen LogP contribution in [0.25, 0.3) is 0 Å². The lowest BCUT2D eigenvalue weighted by Gasteiger charge is -2.10. The minimum atomic E-state index is -0.220. The predicted molar refractivity (Wildman–Crippen MR) is 64.1 cm³/mol. The molecule has 0 amide bonds. The number of nitrogens with two attached hydrogens (primary N) is 1. The number of carbonyl (C=O) groups excluding carboxylic acids is 1. The predicted octanol–water partition coefficient (Wildman–Crippen LogP) is 1.82. The molecule has 1 unspecified atom stereocenters. The van der Waals surface area contributed by atoms with Crippen molar-refractivity contribution in [2.24, 2.45) is 5.73 Å². The number of hydrogen-bond acceptors (Lipinski definition) is 3. The van der Waals surface area contributed by atoms with Crippen molar-refractivity contribution in [1.29, 1.82) is 0 Å². The van der Waals surface area contributed by atoms with E-state index in [-0.39, 0.29) is 18.4 Å². The Morgan fingerprint density at radius 1 is 1.38 bits per heavy atom. The average molecular weight is 221 g/mol. The molecule has 0 spiro atoms. The lowest BCUT2D eigenvalue weighted by Crippen LogP contribution is -2.27. The third-order valence-electron chi connectivity index (χ3n) is 2.35. The van der Waals surface area contributed by atoms with Crippen LogP contribution in [0.2, 0.25) is 0 Å². The van der Waals surface area contributed by atoms with E-state index in [2.05, 4.69) is 0 Å². The summed E-state index contributed by atoms with van der Waals surface area (Å²) in [5, 5.41) is 0. The summed E-state index contributed by atoms with van der Waals surface area (Å²) in [6.07, 6.45) is 0.987. The SMILES string of the molecule is CCOC(=O)CC(N)Cc1ccc(C)cc1. The lowest BCUT2D eigenvalue weighted by atomic mass is 10.0. The Morgan fingerprint density at radius 3 is 2.56 bits per heavy atom. The highest BCUT2D eigenvalue weighted by Gasteiger charge is 2.10. The Labute approximate surface area is 96.6 Å². The summed E-state index contributed by atoms with van der Waals surface area (Å²) < 4.78 is 4.85. The maximum atomic E-state index is 11.2. The Kier molecular flexibility index (Phi) is 4.99. The maximum Gasteiger partial charge on any atom is 0.307 e. The molecule has 1 aromatic carbocycles. The minimum Gasteiger partial charge on any atom is -0.466 e. The van der Waals surface area contributed by atoms with Crippen LogP contribution < -0.4 is 5.73 Å². The number of hydrogen-bond donors (Lipinski definition) is 1. The number of benzene rings is 1. The van der Waals surface area contributed by atoms with E-state index in [9.17, 15) is 4.79 Å². The van der Waals surface area contributed by atoms with E-state index in [1.807, 2.05) is 31.2 Å². The molecule has 16 heavy (non-hydrogen) atoms. The van der Waals surface area contributed by atoms with Crippen LogP contribution in [0.1, 0.15) is 24.5 Å². The van der Waals surface area contributed by atoms with Crippen molar-refractivity contribution in [2.45, 2.75) is 32.7 Å². The highest BCUT2D eigenvalue weighted by atomic mass is 16.5. The average Bonchev–Trinajstić information content (AvgIpc) is 2.21. The van der Waals surface area contributed by atoms with Crippen molar-refractivity contribution in [1.82, 2.24) is 0 Å². The summed E-state index contributed by atoms with van der Waals surface area (Å²) in [6.45, 7) is 4.25. The number of aryl methyl sites for hydroxylation is 1. The summed E-state index contributed by atoms with van der Waals surface area (Å²) in [5.74, 6) is -0.220. The first-order chi connectivity index (χ1) is 7.61. The zero-order valence-corrected chi connectivity index (χ0v) is 9.90. The van der Waals surface area contributed by atoms with Crippen LogP contribution >= 0.6 is 0 Å². The number of ether oxygens (including phenoxy) is 1. The number of carbonyl (C=O) groups is 1. The van der Waals surface area contributed by atoms with Gasteiger partial charge in [-0.2, -0.15) is 0 Å². The van der Waals surface area contributed by atoms with Gasteiger partial charge in [0.15, 0.2) is 0 Å². The van der Waals surface area contributed by atoms with Gasteiger partial charge in [-0.3, -0.25) is 4.79 Å². The summed E-state index contributed by atoms with van der Waals surface area (Å²) >= 11 is 0. The Hall–Kier alpha value is -1.35. The molecule has 0 aromatic heterocycles. The molecule has 1 atom stereocenters. The van der Waals surface area contributed by atoms with E-state index >= 15 is 0 Å². The van der Waals surface area contributed by atoms with Gasteiger partial charge >= 0.3 is 5.97 Å². The summed E-state index contributed by atoms with van der Waals surface area (Å²) in [5.41, 5.74) is 8.25. The van der Waals surface area contributed by atoms with Gasteiger partial charge in [0.1, 0.15) is 0 Å². The summed E-state index contributed by atoms with van der Waals surface area (Å²) in [6, 6.07) is 8.02. The first-order valence-electron chi connectivity index (χ1n) is 5.58. The Morgan fingerprint density at radius 2 is 2.00 bits per heavy atom. The molecule has 0 radical (unpaired) electrons. The van der Waals surface area contributed by atoms with E-state index in [4.69, 9.17) is 10.5 Å². The number of esters is 1. The highest BCUT2D eigenvalue weighted by molar-refractivity contribution is 5.70. The molecule has 1 rings (SSSR count). The van der Waals surface area contributed by atoms with Gasteiger partial charge in [0.2, 0.25) is 0 Å². The first kappa shape index (κ1) is 12.7. The highest BCUT2D eigenvalue weighted by Crippen LogP contribution is 2.07. The second-order valence-corrected chi connectivity index (χ2v) is 3.96. The first-order valence-corrected chi connectivity index (χ1v) is 5.58. The number of rotatable bonds is 5. The van der Waals surface area contributed by atoms with E-state index in [0.29, 0.717) is 13.0 Å². The molecule has 1 aromatic rings. The lowest BCUT2D eigenvalue weighted by molar-refractivity contribution is -0.143. The molecule has 2 N–H and O–H groups in total.